The van der Waals surface area contributed by atoms with Gasteiger partial charge in [-0.1, -0.05) is 0 Å². The predicted octanol–water partition coefficient (Wildman–Crippen LogP) is -2.89. The molecule has 10 heteroatoms. The normalized spacial score (nSPS) is 19.0. The summed E-state index contributed by atoms with van der Waals surface area (Å²) in [6.45, 7) is -0.885. The number of phosphoric acid groups is 1. The van der Waals surface area contributed by atoms with Crippen molar-refractivity contribution in [3.8, 4) is 0 Å². The van der Waals surface area contributed by atoms with E-state index < -0.39 is 32.9 Å². The van der Waals surface area contributed by atoms with Crippen LogP contribution in [0, 0.1) is 0 Å². The Hall–Kier alpha value is -0.0900. The van der Waals surface area contributed by atoms with E-state index in [1.807, 2.05) is 0 Å². The molecule has 9 nitrogen and oxygen atoms in total. The van der Waals surface area contributed by atoms with Crippen molar-refractivity contribution >= 4 is 7.82 Å². The summed E-state index contributed by atoms with van der Waals surface area (Å²) in [5, 5.41) is 34.7. The van der Waals surface area contributed by atoms with E-state index in [0.717, 1.165) is 0 Å². The summed E-state index contributed by atoms with van der Waals surface area (Å²) in [6.07, 6.45) is -5.44. The first kappa shape index (κ1) is 13.9. The van der Waals surface area contributed by atoms with Gasteiger partial charge in [0.1, 0.15) is 12.2 Å². The Morgan fingerprint density at radius 3 is 2.14 bits per heavy atom. The molecule has 3 atom stereocenters. The molecule has 0 saturated carbocycles. The summed E-state index contributed by atoms with van der Waals surface area (Å²) < 4.78 is 14.0. The van der Waals surface area contributed by atoms with Gasteiger partial charge in [-0.2, -0.15) is 5.48 Å². The Balaban J connectivity index is 3.96. The maximum Gasteiger partial charge on any atom is 0.469 e. The van der Waals surface area contributed by atoms with Crippen molar-refractivity contribution in [2.24, 2.45) is 0 Å². The first-order chi connectivity index (χ1) is 6.28. The monoisotopic (exact) mass is 233 g/mol. The number of aliphatic hydroxyl groups excluding tert-OH is 3. The highest BCUT2D eigenvalue weighted by molar-refractivity contribution is 7.46. The lowest BCUT2D eigenvalue weighted by atomic mass is 10.2. The van der Waals surface area contributed by atoms with E-state index in [2.05, 4.69) is 4.52 Å². The first-order valence-corrected chi connectivity index (χ1v) is 4.95. The van der Waals surface area contributed by atoms with Gasteiger partial charge in [0.2, 0.25) is 0 Å². The standard InChI is InChI=1S/C4H12NO8P/c6-2(1-13-14(10,11)12)3(7)4(8)5-9/h2-9H,1H2,(H2,10,11,12)/t2-,3+,4-/m1/s1. The Bertz CT molecular complexity index is 206. The number of nitrogens with one attached hydrogen (secondary N) is 1. The Kier molecular flexibility index (Phi) is 5.67. The molecule has 0 fully saturated rings. The van der Waals surface area contributed by atoms with Crippen molar-refractivity contribution in [3.63, 3.8) is 0 Å². The molecule has 0 spiro atoms. The fourth-order valence-electron chi connectivity index (χ4n) is 0.559. The van der Waals surface area contributed by atoms with Crippen LogP contribution in [-0.2, 0) is 9.09 Å². The Labute approximate surface area is 78.8 Å². The molecule has 0 rings (SSSR count). The van der Waals surface area contributed by atoms with Crippen LogP contribution in [0.15, 0.2) is 0 Å². The van der Waals surface area contributed by atoms with E-state index in [-0.39, 0.29) is 0 Å². The van der Waals surface area contributed by atoms with Crippen LogP contribution in [0.3, 0.4) is 0 Å². The third-order valence-corrected chi connectivity index (χ3v) is 1.75. The third kappa shape index (κ3) is 5.60. The maximum absolute atomic E-state index is 10.1. The van der Waals surface area contributed by atoms with Crippen molar-refractivity contribution < 1.29 is 39.4 Å². The maximum atomic E-state index is 10.1. The van der Waals surface area contributed by atoms with E-state index in [1.54, 1.807) is 0 Å². The lowest BCUT2D eigenvalue weighted by Gasteiger charge is -2.21. The van der Waals surface area contributed by atoms with E-state index in [1.165, 1.54) is 5.48 Å². The number of rotatable bonds is 6. The molecule has 0 aromatic carbocycles. The lowest BCUT2D eigenvalue weighted by Crippen LogP contribution is -2.46. The van der Waals surface area contributed by atoms with Gasteiger partial charge in [0, 0.05) is 0 Å². The second-order valence-corrected chi connectivity index (χ2v) is 3.66. The summed E-state index contributed by atoms with van der Waals surface area (Å²) in [6, 6.07) is 0. The van der Waals surface area contributed by atoms with Gasteiger partial charge in [0.15, 0.2) is 6.23 Å². The van der Waals surface area contributed by atoms with Crippen LogP contribution in [0.5, 0.6) is 0 Å². The smallest absolute Gasteiger partial charge is 0.388 e. The van der Waals surface area contributed by atoms with Gasteiger partial charge in [-0.15, -0.1) is 0 Å². The average molecular weight is 233 g/mol. The van der Waals surface area contributed by atoms with Crippen LogP contribution in [-0.4, -0.2) is 55.4 Å². The zero-order valence-electron chi connectivity index (χ0n) is 6.89. The zero-order chi connectivity index (χ0) is 11.4. The minimum absolute atomic E-state index is 0.885. The molecule has 0 heterocycles. The fourth-order valence-corrected chi connectivity index (χ4v) is 0.906. The molecule has 0 aromatic rings. The van der Waals surface area contributed by atoms with Crippen molar-refractivity contribution in [1.29, 1.82) is 0 Å². The largest absolute Gasteiger partial charge is 0.469 e. The molecule has 0 bridgehead atoms. The molecule has 0 aliphatic carbocycles. The molecule has 0 aromatic heterocycles. The molecule has 0 radical (unpaired) electrons. The van der Waals surface area contributed by atoms with Crippen LogP contribution in [0.2, 0.25) is 0 Å². The summed E-state index contributed by atoms with van der Waals surface area (Å²) in [5.41, 5.74) is 1.24. The quantitative estimate of drug-likeness (QED) is 0.145. The van der Waals surface area contributed by atoms with Crippen LogP contribution >= 0.6 is 7.82 Å². The van der Waals surface area contributed by atoms with E-state index in [9.17, 15) is 4.57 Å². The molecular formula is C4H12NO8P. The number of hydrogen-bond acceptors (Lipinski definition) is 7. The summed E-state index contributed by atoms with van der Waals surface area (Å²) >= 11 is 0. The van der Waals surface area contributed by atoms with Gasteiger partial charge in [-0.25, -0.2) is 4.57 Å². The Morgan fingerprint density at radius 1 is 1.29 bits per heavy atom. The van der Waals surface area contributed by atoms with Crippen LogP contribution in [0.25, 0.3) is 0 Å². The number of hydrogen-bond donors (Lipinski definition) is 7. The molecule has 0 amide bonds. The molecule has 0 saturated heterocycles. The molecular weight excluding hydrogens is 221 g/mol. The van der Waals surface area contributed by atoms with Crippen molar-refractivity contribution in [2.45, 2.75) is 18.4 Å². The third-order valence-electron chi connectivity index (χ3n) is 1.26. The average Bonchev–Trinajstić information content (AvgIpc) is 2.10. The van der Waals surface area contributed by atoms with Crippen LogP contribution in [0.1, 0.15) is 0 Å². The summed E-state index contributed by atoms with van der Waals surface area (Å²) in [4.78, 5) is 16.4. The van der Waals surface area contributed by atoms with Gasteiger partial charge in [0.05, 0.1) is 6.61 Å². The first-order valence-electron chi connectivity index (χ1n) is 3.42. The summed E-state index contributed by atoms with van der Waals surface area (Å²) in [7, 11) is -4.73. The highest BCUT2D eigenvalue weighted by Crippen LogP contribution is 2.35. The van der Waals surface area contributed by atoms with E-state index in [4.69, 9.17) is 30.3 Å². The number of phosphoric ester groups is 1. The molecule has 7 N–H and O–H groups in total. The molecule has 86 valence electrons. The zero-order valence-corrected chi connectivity index (χ0v) is 7.78. The highest BCUT2D eigenvalue weighted by Gasteiger charge is 2.27. The van der Waals surface area contributed by atoms with E-state index >= 15 is 0 Å². The minimum atomic E-state index is -4.73. The van der Waals surface area contributed by atoms with E-state index in [0.29, 0.717) is 0 Å². The van der Waals surface area contributed by atoms with Gasteiger partial charge in [0.25, 0.3) is 0 Å². The molecule has 0 aliphatic rings. The van der Waals surface area contributed by atoms with Gasteiger partial charge >= 0.3 is 7.82 Å². The minimum Gasteiger partial charge on any atom is -0.388 e. The van der Waals surface area contributed by atoms with Gasteiger partial charge in [-0.05, 0) is 0 Å². The second kappa shape index (κ2) is 5.71. The van der Waals surface area contributed by atoms with Gasteiger partial charge < -0.3 is 30.3 Å². The molecule has 14 heavy (non-hydrogen) atoms. The highest BCUT2D eigenvalue weighted by atomic mass is 31.2. The number of hydroxylamine groups is 1. The van der Waals surface area contributed by atoms with Gasteiger partial charge in [-0.3, -0.25) is 4.52 Å². The van der Waals surface area contributed by atoms with Crippen molar-refractivity contribution in [3.05, 3.63) is 0 Å². The molecule has 0 unspecified atom stereocenters. The van der Waals surface area contributed by atoms with Crippen LogP contribution < -0.4 is 5.48 Å². The molecule has 0 aliphatic heterocycles. The second-order valence-electron chi connectivity index (χ2n) is 2.42. The van der Waals surface area contributed by atoms with Crippen molar-refractivity contribution in [1.82, 2.24) is 5.48 Å². The predicted molar refractivity (Wildman–Crippen MR) is 40.9 cm³/mol. The lowest BCUT2D eigenvalue weighted by molar-refractivity contribution is -0.123. The van der Waals surface area contributed by atoms with Crippen LogP contribution in [0.4, 0.5) is 0 Å². The summed E-state index contributed by atoms with van der Waals surface area (Å²) in [5.74, 6) is 0. The topological polar surface area (TPSA) is 160 Å². The Morgan fingerprint density at radius 2 is 1.79 bits per heavy atom. The fraction of sp³-hybridized carbons (Fsp3) is 1.00. The number of aliphatic hydroxyl groups is 3. The van der Waals surface area contributed by atoms with Crippen molar-refractivity contribution in [2.75, 3.05) is 6.61 Å². The SMILES string of the molecule is O=P(O)(O)OC[C@@H](O)[C@H](O)[C@@H](O)NO.